The van der Waals surface area contributed by atoms with Crippen LogP contribution in [-0.2, 0) is 6.18 Å². The van der Waals surface area contributed by atoms with E-state index in [2.05, 4.69) is 5.32 Å². The summed E-state index contributed by atoms with van der Waals surface area (Å²) >= 11 is 0. The molecular weight excluding hydrogens is 276 g/mol. The second kappa shape index (κ2) is 6.69. The standard InChI is InChI=1S/C13H16F4N2O/c1-3-19(2)7-6-18-12(20)10-8-9(13(15,16)17)4-5-11(10)14/h4-5,8H,3,6-7H2,1-2H3,(H,18,20). The van der Waals surface area contributed by atoms with Gasteiger partial charge in [0.25, 0.3) is 5.91 Å². The highest BCUT2D eigenvalue weighted by Gasteiger charge is 2.31. The fraction of sp³-hybridized carbons (Fsp3) is 0.462. The van der Waals surface area contributed by atoms with Gasteiger partial charge in [-0.05, 0) is 31.8 Å². The molecule has 3 nitrogen and oxygen atoms in total. The van der Waals surface area contributed by atoms with E-state index in [-0.39, 0.29) is 6.54 Å². The lowest BCUT2D eigenvalue weighted by molar-refractivity contribution is -0.137. The lowest BCUT2D eigenvalue weighted by Gasteiger charge is -2.14. The molecule has 0 aliphatic heterocycles. The van der Waals surface area contributed by atoms with Crippen LogP contribution in [0.15, 0.2) is 18.2 Å². The van der Waals surface area contributed by atoms with Gasteiger partial charge in [-0.25, -0.2) is 4.39 Å². The van der Waals surface area contributed by atoms with Gasteiger partial charge in [-0.15, -0.1) is 0 Å². The summed E-state index contributed by atoms with van der Waals surface area (Å²) in [4.78, 5) is 13.6. The van der Waals surface area contributed by atoms with Gasteiger partial charge in [0, 0.05) is 13.1 Å². The molecule has 0 spiro atoms. The topological polar surface area (TPSA) is 32.3 Å². The highest BCUT2D eigenvalue weighted by Crippen LogP contribution is 2.30. The van der Waals surface area contributed by atoms with Gasteiger partial charge in [0.15, 0.2) is 0 Å². The second-order valence-corrected chi connectivity index (χ2v) is 4.34. The van der Waals surface area contributed by atoms with Crippen LogP contribution in [0.4, 0.5) is 17.6 Å². The van der Waals surface area contributed by atoms with Gasteiger partial charge in [-0.1, -0.05) is 6.92 Å². The molecule has 1 aromatic rings. The first kappa shape index (κ1) is 16.4. The minimum Gasteiger partial charge on any atom is -0.351 e. The first-order valence-electron chi connectivity index (χ1n) is 6.09. The Morgan fingerprint density at radius 3 is 2.55 bits per heavy atom. The van der Waals surface area contributed by atoms with Gasteiger partial charge in [0.05, 0.1) is 11.1 Å². The molecule has 7 heteroatoms. The van der Waals surface area contributed by atoms with Crippen molar-refractivity contribution in [3.8, 4) is 0 Å². The minimum atomic E-state index is -4.61. The van der Waals surface area contributed by atoms with Crippen molar-refractivity contribution in [3.63, 3.8) is 0 Å². The third kappa shape index (κ3) is 4.48. The van der Waals surface area contributed by atoms with Crippen LogP contribution in [0.25, 0.3) is 0 Å². The van der Waals surface area contributed by atoms with Crippen molar-refractivity contribution < 1.29 is 22.4 Å². The van der Waals surface area contributed by atoms with Crippen molar-refractivity contribution in [1.82, 2.24) is 10.2 Å². The molecule has 0 aromatic heterocycles. The van der Waals surface area contributed by atoms with Gasteiger partial charge in [0.1, 0.15) is 5.82 Å². The number of likely N-dealkylation sites (N-methyl/N-ethyl adjacent to an activating group) is 1. The molecular formula is C13H16F4N2O. The number of nitrogens with zero attached hydrogens (tertiary/aromatic N) is 1. The maximum Gasteiger partial charge on any atom is 0.416 e. The molecule has 0 radical (unpaired) electrons. The first-order valence-corrected chi connectivity index (χ1v) is 6.09. The average Bonchev–Trinajstić information content (AvgIpc) is 2.37. The maximum atomic E-state index is 13.4. The number of carbonyl (C=O) groups is 1. The highest BCUT2D eigenvalue weighted by molar-refractivity contribution is 5.94. The molecule has 1 amide bonds. The van der Waals surface area contributed by atoms with E-state index in [4.69, 9.17) is 0 Å². The Morgan fingerprint density at radius 1 is 1.35 bits per heavy atom. The molecule has 1 N–H and O–H groups in total. The van der Waals surface area contributed by atoms with Gasteiger partial charge in [-0.2, -0.15) is 13.2 Å². The van der Waals surface area contributed by atoms with Crippen LogP contribution in [-0.4, -0.2) is 37.5 Å². The van der Waals surface area contributed by atoms with E-state index in [1.54, 1.807) is 0 Å². The molecule has 0 aliphatic rings. The molecule has 0 atom stereocenters. The number of alkyl halides is 3. The molecule has 0 saturated carbocycles. The quantitative estimate of drug-likeness (QED) is 0.846. The molecule has 0 saturated heterocycles. The zero-order valence-electron chi connectivity index (χ0n) is 11.2. The Bertz CT molecular complexity index is 474. The van der Waals surface area contributed by atoms with E-state index in [9.17, 15) is 22.4 Å². The van der Waals surface area contributed by atoms with Crippen LogP contribution in [0.3, 0.4) is 0 Å². The number of halogens is 4. The van der Waals surface area contributed by atoms with Crippen LogP contribution in [0, 0.1) is 5.82 Å². The summed E-state index contributed by atoms with van der Waals surface area (Å²) < 4.78 is 50.9. The van der Waals surface area contributed by atoms with Crippen LogP contribution in [0.2, 0.25) is 0 Å². The lowest BCUT2D eigenvalue weighted by Crippen LogP contribution is -2.33. The summed E-state index contributed by atoms with van der Waals surface area (Å²) in [6.07, 6.45) is -4.61. The Morgan fingerprint density at radius 2 is 2.00 bits per heavy atom. The van der Waals surface area contributed by atoms with Crippen LogP contribution < -0.4 is 5.32 Å². The molecule has 1 aromatic carbocycles. The van der Waals surface area contributed by atoms with Crippen molar-refractivity contribution in [1.29, 1.82) is 0 Å². The number of carbonyl (C=O) groups excluding carboxylic acids is 1. The fourth-order valence-electron chi connectivity index (χ4n) is 1.49. The summed E-state index contributed by atoms with van der Waals surface area (Å²) in [5.41, 5.74) is -1.64. The largest absolute Gasteiger partial charge is 0.416 e. The van der Waals surface area contributed by atoms with E-state index < -0.39 is 29.0 Å². The van der Waals surface area contributed by atoms with Crippen molar-refractivity contribution in [2.24, 2.45) is 0 Å². The van der Waals surface area contributed by atoms with Gasteiger partial charge >= 0.3 is 6.18 Å². The van der Waals surface area contributed by atoms with Gasteiger partial charge < -0.3 is 10.2 Å². The molecule has 0 aliphatic carbocycles. The Hall–Kier alpha value is -1.63. The monoisotopic (exact) mass is 292 g/mol. The lowest BCUT2D eigenvalue weighted by atomic mass is 10.1. The maximum absolute atomic E-state index is 13.4. The van der Waals surface area contributed by atoms with Crippen molar-refractivity contribution in [3.05, 3.63) is 35.1 Å². The predicted molar refractivity (Wildman–Crippen MR) is 66.9 cm³/mol. The number of amides is 1. The zero-order valence-corrected chi connectivity index (χ0v) is 11.2. The van der Waals surface area contributed by atoms with Gasteiger partial charge in [0.2, 0.25) is 0 Å². The van der Waals surface area contributed by atoms with Crippen LogP contribution in [0.5, 0.6) is 0 Å². The normalized spacial score (nSPS) is 11.8. The number of hydrogen-bond donors (Lipinski definition) is 1. The smallest absolute Gasteiger partial charge is 0.351 e. The minimum absolute atomic E-state index is 0.235. The fourth-order valence-corrected chi connectivity index (χ4v) is 1.49. The average molecular weight is 292 g/mol. The van der Waals surface area contributed by atoms with E-state index in [1.165, 1.54) is 0 Å². The van der Waals surface area contributed by atoms with E-state index in [0.717, 1.165) is 6.54 Å². The number of rotatable bonds is 5. The van der Waals surface area contributed by atoms with Crippen molar-refractivity contribution >= 4 is 5.91 Å². The summed E-state index contributed by atoms with van der Waals surface area (Å²) in [5, 5.41) is 2.40. The molecule has 0 fully saturated rings. The molecule has 112 valence electrons. The summed E-state index contributed by atoms with van der Waals surface area (Å²) in [5.74, 6) is -1.82. The first-order chi connectivity index (χ1) is 9.25. The Labute approximate surface area is 114 Å². The van der Waals surface area contributed by atoms with Crippen LogP contribution in [0.1, 0.15) is 22.8 Å². The summed E-state index contributed by atoms with van der Waals surface area (Å²) in [6.45, 7) is 3.46. The Kier molecular flexibility index (Phi) is 5.50. The third-order valence-electron chi connectivity index (χ3n) is 2.86. The van der Waals surface area contributed by atoms with E-state index in [1.807, 2.05) is 18.9 Å². The Balaban J connectivity index is 2.77. The van der Waals surface area contributed by atoms with E-state index >= 15 is 0 Å². The SMILES string of the molecule is CCN(C)CCNC(=O)c1cc(C(F)(F)F)ccc1F. The molecule has 1 rings (SSSR count). The summed E-state index contributed by atoms with van der Waals surface area (Å²) in [6, 6.07) is 1.78. The molecule has 0 bridgehead atoms. The highest BCUT2D eigenvalue weighted by atomic mass is 19.4. The van der Waals surface area contributed by atoms with E-state index in [0.29, 0.717) is 24.7 Å². The number of benzene rings is 1. The number of nitrogens with one attached hydrogen (secondary N) is 1. The number of hydrogen-bond acceptors (Lipinski definition) is 2. The second-order valence-electron chi connectivity index (χ2n) is 4.34. The summed E-state index contributed by atoms with van der Waals surface area (Å²) in [7, 11) is 1.83. The van der Waals surface area contributed by atoms with Crippen molar-refractivity contribution in [2.75, 3.05) is 26.7 Å². The molecule has 0 unspecified atom stereocenters. The van der Waals surface area contributed by atoms with Gasteiger partial charge in [-0.3, -0.25) is 4.79 Å². The molecule has 0 heterocycles. The predicted octanol–water partition coefficient (Wildman–Crippen LogP) is 2.53. The third-order valence-corrected chi connectivity index (χ3v) is 2.86. The van der Waals surface area contributed by atoms with Crippen LogP contribution >= 0.6 is 0 Å². The van der Waals surface area contributed by atoms with Crippen molar-refractivity contribution in [2.45, 2.75) is 13.1 Å². The zero-order chi connectivity index (χ0) is 15.3. The molecule has 20 heavy (non-hydrogen) atoms.